The molecule has 1 aromatic rings. The summed E-state index contributed by atoms with van der Waals surface area (Å²) in [4.78, 5) is 11.3. The number of aliphatic hydroxyl groups excluding tert-OH is 1. The Morgan fingerprint density at radius 2 is 1.88 bits per heavy atom. The molecule has 0 spiro atoms. The predicted molar refractivity (Wildman–Crippen MR) is 104 cm³/mol. The van der Waals surface area contributed by atoms with E-state index >= 15 is 0 Å². The number of alkyl carbamates (subject to hydrolysis) is 1. The van der Waals surface area contributed by atoms with Crippen LogP contribution in [0.2, 0.25) is 0 Å². The van der Waals surface area contributed by atoms with E-state index in [9.17, 15) is 9.90 Å². The fourth-order valence-electron chi connectivity index (χ4n) is 3.28. The Hall–Kier alpha value is -1.99. The summed E-state index contributed by atoms with van der Waals surface area (Å²) in [5.41, 5.74) is 2.51. The predicted octanol–water partition coefficient (Wildman–Crippen LogP) is 4.84. The van der Waals surface area contributed by atoms with Gasteiger partial charge in [-0.15, -0.1) is 0 Å². The first-order valence-electron chi connectivity index (χ1n) is 9.91. The van der Waals surface area contributed by atoms with E-state index in [0.29, 0.717) is 6.61 Å². The first-order chi connectivity index (χ1) is 12.8. The van der Waals surface area contributed by atoms with E-state index in [4.69, 9.17) is 4.74 Å². The summed E-state index contributed by atoms with van der Waals surface area (Å²) >= 11 is 0. The Morgan fingerprint density at radius 1 is 1.15 bits per heavy atom. The van der Waals surface area contributed by atoms with E-state index in [1.165, 1.54) is 44.9 Å². The molecule has 2 N–H and O–H groups in total. The maximum Gasteiger partial charge on any atom is 0.407 e. The van der Waals surface area contributed by atoms with Crippen molar-refractivity contribution in [1.82, 2.24) is 5.32 Å². The first kappa shape index (κ1) is 20.3. The molecule has 4 heteroatoms. The lowest BCUT2D eigenvalue weighted by Crippen LogP contribution is -2.20. The number of carbonyl (C=O) groups is 1. The molecule has 1 fully saturated rings. The Kier molecular flexibility index (Phi) is 9.06. The molecule has 0 aromatic heterocycles. The van der Waals surface area contributed by atoms with Gasteiger partial charge in [-0.25, -0.2) is 4.79 Å². The van der Waals surface area contributed by atoms with Crippen molar-refractivity contribution in [2.24, 2.45) is 0 Å². The van der Waals surface area contributed by atoms with Crippen LogP contribution in [0.25, 0.3) is 0 Å². The lowest BCUT2D eigenvalue weighted by atomic mass is 9.96. The zero-order chi connectivity index (χ0) is 18.6. The summed E-state index contributed by atoms with van der Waals surface area (Å²) in [6, 6.07) is 5.54. The average molecular weight is 357 g/mol. The second-order valence-corrected chi connectivity index (χ2v) is 6.85. The average Bonchev–Trinajstić information content (AvgIpc) is 3.09. The number of carbonyl (C=O) groups excluding carboxylic acids is 1. The summed E-state index contributed by atoms with van der Waals surface area (Å²) in [7, 11) is 0. The van der Waals surface area contributed by atoms with E-state index in [0.717, 1.165) is 29.5 Å². The van der Waals surface area contributed by atoms with Crippen molar-refractivity contribution in [1.29, 1.82) is 0 Å². The highest BCUT2D eigenvalue weighted by Gasteiger charge is 2.26. The lowest BCUT2D eigenvalue weighted by molar-refractivity contribution is 0.177. The number of cyclic esters (lactones) is 1. The molecule has 0 unspecified atom stereocenters. The first-order valence-corrected chi connectivity index (χ1v) is 9.91. The molecule has 1 atom stereocenters. The topological polar surface area (TPSA) is 58.6 Å². The molecule has 1 heterocycles. The van der Waals surface area contributed by atoms with Crippen molar-refractivity contribution in [3.63, 3.8) is 0 Å². The number of unbranched alkanes of at least 4 members (excludes halogenated alkanes) is 8. The zero-order valence-corrected chi connectivity index (χ0v) is 15.9. The molecule has 0 saturated carbocycles. The van der Waals surface area contributed by atoms with E-state index in [2.05, 4.69) is 24.1 Å². The molecular formula is C22H31NO3. The summed E-state index contributed by atoms with van der Waals surface area (Å²) in [5.74, 6) is 6.43. The molecule has 142 valence electrons. The number of benzene rings is 1. The third-order valence-corrected chi connectivity index (χ3v) is 4.80. The number of hydrogen-bond acceptors (Lipinski definition) is 3. The lowest BCUT2D eigenvalue weighted by Gasteiger charge is -2.13. The molecule has 1 aliphatic rings. The third kappa shape index (κ3) is 6.38. The van der Waals surface area contributed by atoms with Gasteiger partial charge in [0.1, 0.15) is 6.61 Å². The molecule has 0 bridgehead atoms. The van der Waals surface area contributed by atoms with Crippen LogP contribution < -0.4 is 5.32 Å². The number of aliphatic hydroxyl groups is 1. The smallest absolute Gasteiger partial charge is 0.407 e. The molecule has 0 radical (unpaired) electrons. The highest BCUT2D eigenvalue weighted by Crippen LogP contribution is 2.24. The fraction of sp³-hybridized carbons (Fsp3) is 0.591. The van der Waals surface area contributed by atoms with Crippen LogP contribution >= 0.6 is 0 Å². The highest BCUT2D eigenvalue weighted by atomic mass is 16.6. The van der Waals surface area contributed by atoms with Crippen LogP contribution in [-0.4, -0.2) is 17.8 Å². The van der Waals surface area contributed by atoms with Crippen molar-refractivity contribution in [3.05, 3.63) is 34.9 Å². The highest BCUT2D eigenvalue weighted by molar-refractivity contribution is 5.70. The summed E-state index contributed by atoms with van der Waals surface area (Å²) in [6.45, 7) is 2.44. The second kappa shape index (κ2) is 11.6. The van der Waals surface area contributed by atoms with Gasteiger partial charge >= 0.3 is 6.09 Å². The summed E-state index contributed by atoms with van der Waals surface area (Å²) < 4.78 is 4.96. The minimum Gasteiger partial charge on any atom is -0.447 e. The van der Waals surface area contributed by atoms with Crippen molar-refractivity contribution >= 4 is 6.09 Å². The number of hydrogen-bond donors (Lipinski definition) is 2. The maximum atomic E-state index is 11.3. The Bertz CT molecular complexity index is 630. The van der Waals surface area contributed by atoms with E-state index in [-0.39, 0.29) is 12.6 Å². The van der Waals surface area contributed by atoms with Crippen molar-refractivity contribution in [3.8, 4) is 11.8 Å². The van der Waals surface area contributed by atoms with Crippen LogP contribution in [0.3, 0.4) is 0 Å². The Balaban J connectivity index is 1.80. The fourth-order valence-corrected chi connectivity index (χ4v) is 3.28. The Morgan fingerprint density at radius 3 is 2.54 bits per heavy atom. The van der Waals surface area contributed by atoms with E-state index < -0.39 is 6.09 Å². The normalized spacial score (nSPS) is 15.9. The minimum absolute atomic E-state index is 0.0929. The van der Waals surface area contributed by atoms with Gasteiger partial charge in [-0.1, -0.05) is 75.8 Å². The van der Waals surface area contributed by atoms with Crippen LogP contribution in [0.5, 0.6) is 0 Å². The van der Waals surface area contributed by atoms with Gasteiger partial charge in [-0.2, -0.15) is 0 Å². The standard InChI is InChI=1S/C22H31NO3/c1-2-3-4-5-6-7-8-9-10-11-13-18-14-12-15-19(20(18)16-24)21-17-26-22(25)23-21/h12,14-15,21,24H,2-10,16-17H2,1H3,(H,23,25)/t21-/m0/s1. The van der Waals surface area contributed by atoms with Crippen LogP contribution in [0.4, 0.5) is 4.79 Å². The summed E-state index contributed by atoms with van der Waals surface area (Å²) in [5, 5.41) is 12.5. The molecule has 1 saturated heterocycles. The van der Waals surface area contributed by atoms with Crippen LogP contribution in [0.15, 0.2) is 18.2 Å². The van der Waals surface area contributed by atoms with Gasteiger partial charge in [0.2, 0.25) is 0 Å². The van der Waals surface area contributed by atoms with E-state index in [1.54, 1.807) is 0 Å². The van der Waals surface area contributed by atoms with Gasteiger partial charge < -0.3 is 15.2 Å². The molecule has 1 amide bonds. The number of ether oxygens (including phenoxy) is 1. The van der Waals surface area contributed by atoms with Crippen molar-refractivity contribution < 1.29 is 14.6 Å². The SMILES string of the molecule is CCCCCCCCCCC#Cc1cccc([C@@H]2COC(=O)N2)c1CO. The van der Waals surface area contributed by atoms with Crippen LogP contribution in [0.1, 0.15) is 87.4 Å². The van der Waals surface area contributed by atoms with Crippen LogP contribution in [0, 0.1) is 11.8 Å². The van der Waals surface area contributed by atoms with E-state index in [1.807, 2.05) is 18.2 Å². The van der Waals surface area contributed by atoms with Gasteiger partial charge in [-0.3, -0.25) is 0 Å². The van der Waals surface area contributed by atoms with Crippen molar-refractivity contribution in [2.75, 3.05) is 6.61 Å². The molecule has 1 aromatic carbocycles. The van der Waals surface area contributed by atoms with Gasteiger partial charge in [-0.05, 0) is 23.6 Å². The molecule has 0 aliphatic carbocycles. The monoisotopic (exact) mass is 357 g/mol. The van der Waals surface area contributed by atoms with Crippen molar-refractivity contribution in [2.45, 2.75) is 77.4 Å². The van der Waals surface area contributed by atoms with Gasteiger partial charge in [0, 0.05) is 12.0 Å². The molecule has 4 nitrogen and oxygen atoms in total. The maximum absolute atomic E-state index is 11.3. The van der Waals surface area contributed by atoms with Gasteiger partial charge in [0.15, 0.2) is 0 Å². The molecule has 1 aliphatic heterocycles. The number of amides is 1. The molecule has 26 heavy (non-hydrogen) atoms. The Labute approximate surface area is 157 Å². The third-order valence-electron chi connectivity index (χ3n) is 4.80. The minimum atomic E-state index is -0.412. The molecule has 2 rings (SSSR count). The zero-order valence-electron chi connectivity index (χ0n) is 15.9. The molecular weight excluding hydrogens is 326 g/mol. The summed E-state index contributed by atoms with van der Waals surface area (Å²) in [6.07, 6.45) is 10.8. The van der Waals surface area contributed by atoms with Gasteiger partial charge in [0.25, 0.3) is 0 Å². The van der Waals surface area contributed by atoms with Gasteiger partial charge in [0.05, 0.1) is 12.6 Å². The largest absolute Gasteiger partial charge is 0.447 e. The van der Waals surface area contributed by atoms with Crippen LogP contribution in [-0.2, 0) is 11.3 Å². The number of rotatable bonds is 10. The quantitative estimate of drug-likeness (QED) is 0.465. The number of nitrogens with one attached hydrogen (secondary N) is 1. The second-order valence-electron chi connectivity index (χ2n) is 6.85.